The second kappa shape index (κ2) is 14.3. The number of halogens is 1. The van der Waals surface area contributed by atoms with Crippen LogP contribution in [0.2, 0.25) is 0 Å². The second-order valence-corrected chi connectivity index (χ2v) is 8.19. The molecule has 0 aromatic heterocycles. The van der Waals surface area contributed by atoms with Gasteiger partial charge in [0, 0.05) is 19.1 Å². The lowest BCUT2D eigenvalue weighted by Gasteiger charge is -2.32. The predicted octanol–water partition coefficient (Wildman–Crippen LogP) is 3.51. The van der Waals surface area contributed by atoms with Gasteiger partial charge >= 0.3 is 0 Å². The molecule has 7 nitrogen and oxygen atoms in total. The van der Waals surface area contributed by atoms with Crippen molar-refractivity contribution in [3.63, 3.8) is 0 Å². The fraction of sp³-hybridized carbons (Fsp3) is 0.296. The number of primary amides is 1. The lowest BCUT2D eigenvalue weighted by Crippen LogP contribution is -2.42. The molecule has 0 aliphatic heterocycles. The number of nitrogens with two attached hydrogens (primary N) is 1. The van der Waals surface area contributed by atoms with Gasteiger partial charge in [0.2, 0.25) is 0 Å². The first-order chi connectivity index (χ1) is 16.4. The van der Waals surface area contributed by atoms with Gasteiger partial charge in [-0.3, -0.25) is 9.69 Å². The molecule has 3 aromatic rings. The van der Waals surface area contributed by atoms with E-state index in [1.54, 1.807) is 24.3 Å². The summed E-state index contributed by atoms with van der Waals surface area (Å²) in [5.41, 5.74) is 6.74. The molecule has 0 spiro atoms. The van der Waals surface area contributed by atoms with Gasteiger partial charge in [0.25, 0.3) is 5.91 Å². The molecule has 8 heteroatoms. The Hall–Kier alpha value is -3.10. The first-order valence-electron chi connectivity index (χ1n) is 11.3. The van der Waals surface area contributed by atoms with Crippen LogP contribution < -0.4 is 15.2 Å². The van der Waals surface area contributed by atoms with Gasteiger partial charge in [0.1, 0.15) is 18.1 Å². The van der Waals surface area contributed by atoms with Crippen molar-refractivity contribution < 1.29 is 24.5 Å². The molecule has 3 rings (SSSR count). The Labute approximate surface area is 212 Å². The number of carbonyl (C=O) groups is 1. The Morgan fingerprint density at radius 2 is 1.23 bits per heavy atom. The SMILES string of the molecule is C[C@H](COc1ccc(OCC(N)=O)cc1)N(C[C@@H](O)c1ccccc1)C[C@@H](O)c1ccccc1.Cl. The molecule has 0 fully saturated rings. The van der Waals surface area contributed by atoms with E-state index >= 15 is 0 Å². The predicted molar refractivity (Wildman–Crippen MR) is 138 cm³/mol. The van der Waals surface area contributed by atoms with Gasteiger partial charge in [-0.1, -0.05) is 60.7 Å². The quantitative estimate of drug-likeness (QED) is 0.332. The van der Waals surface area contributed by atoms with Gasteiger partial charge in [0.05, 0.1) is 12.2 Å². The maximum absolute atomic E-state index is 10.8. The Morgan fingerprint density at radius 3 is 1.66 bits per heavy atom. The number of ether oxygens (including phenoxy) is 2. The molecule has 0 saturated heterocycles. The molecule has 0 bridgehead atoms. The molecular formula is C27H33ClN2O5. The molecule has 35 heavy (non-hydrogen) atoms. The summed E-state index contributed by atoms with van der Waals surface area (Å²) in [6.07, 6.45) is -1.40. The van der Waals surface area contributed by atoms with Gasteiger partial charge in [0.15, 0.2) is 6.61 Å². The number of hydrogen-bond acceptors (Lipinski definition) is 6. The van der Waals surface area contributed by atoms with Crippen LogP contribution in [0, 0.1) is 0 Å². The number of carbonyl (C=O) groups excluding carboxylic acids is 1. The average molecular weight is 501 g/mol. The van der Waals surface area contributed by atoms with Crippen LogP contribution in [0.4, 0.5) is 0 Å². The van der Waals surface area contributed by atoms with Crippen LogP contribution in [0.5, 0.6) is 11.5 Å². The summed E-state index contributed by atoms with van der Waals surface area (Å²) in [7, 11) is 0. The van der Waals surface area contributed by atoms with Crippen molar-refractivity contribution >= 4 is 18.3 Å². The normalized spacial score (nSPS) is 13.4. The summed E-state index contributed by atoms with van der Waals surface area (Å²) in [6, 6.07) is 25.8. The highest BCUT2D eigenvalue weighted by Gasteiger charge is 2.23. The molecule has 0 unspecified atom stereocenters. The number of amides is 1. The molecule has 0 radical (unpaired) electrons. The first-order valence-corrected chi connectivity index (χ1v) is 11.3. The third-order valence-electron chi connectivity index (χ3n) is 5.50. The molecule has 0 saturated carbocycles. The smallest absolute Gasteiger partial charge is 0.255 e. The van der Waals surface area contributed by atoms with Crippen molar-refractivity contribution in [1.82, 2.24) is 4.90 Å². The monoisotopic (exact) mass is 500 g/mol. The molecule has 4 N–H and O–H groups in total. The van der Waals surface area contributed by atoms with Gasteiger partial charge in [-0.15, -0.1) is 12.4 Å². The molecule has 0 aliphatic carbocycles. The summed E-state index contributed by atoms with van der Waals surface area (Å²) in [4.78, 5) is 12.9. The maximum Gasteiger partial charge on any atom is 0.255 e. The number of hydrogen-bond donors (Lipinski definition) is 3. The van der Waals surface area contributed by atoms with E-state index in [0.717, 1.165) is 11.1 Å². The zero-order valence-electron chi connectivity index (χ0n) is 19.7. The Morgan fingerprint density at radius 1 is 0.800 bits per heavy atom. The van der Waals surface area contributed by atoms with E-state index in [0.29, 0.717) is 31.2 Å². The molecule has 3 atom stereocenters. The third kappa shape index (κ3) is 9.22. The van der Waals surface area contributed by atoms with E-state index in [1.807, 2.05) is 72.5 Å². The summed E-state index contributed by atoms with van der Waals surface area (Å²) in [6.45, 7) is 2.86. The van der Waals surface area contributed by atoms with Gasteiger partial charge in [-0.2, -0.15) is 0 Å². The Kier molecular flexibility index (Phi) is 11.5. The van der Waals surface area contributed by atoms with E-state index in [-0.39, 0.29) is 25.1 Å². The number of rotatable bonds is 13. The van der Waals surface area contributed by atoms with Gasteiger partial charge in [-0.25, -0.2) is 0 Å². The lowest BCUT2D eigenvalue weighted by molar-refractivity contribution is -0.119. The Bertz CT molecular complexity index is 958. The van der Waals surface area contributed by atoms with Crippen molar-refractivity contribution in [2.45, 2.75) is 25.2 Å². The molecule has 3 aromatic carbocycles. The van der Waals surface area contributed by atoms with Crippen LogP contribution in [0.25, 0.3) is 0 Å². The molecule has 1 amide bonds. The molecular weight excluding hydrogens is 468 g/mol. The fourth-order valence-corrected chi connectivity index (χ4v) is 3.55. The minimum Gasteiger partial charge on any atom is -0.492 e. The fourth-order valence-electron chi connectivity index (χ4n) is 3.55. The Balaban J connectivity index is 0.00000432. The van der Waals surface area contributed by atoms with Crippen LogP contribution >= 0.6 is 12.4 Å². The number of aliphatic hydroxyl groups is 2. The van der Waals surface area contributed by atoms with Crippen LogP contribution in [0.15, 0.2) is 84.9 Å². The highest BCUT2D eigenvalue weighted by Crippen LogP contribution is 2.22. The number of benzene rings is 3. The average Bonchev–Trinajstić information content (AvgIpc) is 2.87. The molecule has 188 valence electrons. The largest absolute Gasteiger partial charge is 0.492 e. The molecule has 0 aliphatic rings. The summed E-state index contributed by atoms with van der Waals surface area (Å²) in [5, 5.41) is 21.6. The topological polar surface area (TPSA) is 105 Å². The van der Waals surface area contributed by atoms with Crippen molar-refractivity contribution in [1.29, 1.82) is 0 Å². The van der Waals surface area contributed by atoms with Crippen LogP contribution in [0.1, 0.15) is 30.3 Å². The highest BCUT2D eigenvalue weighted by atomic mass is 35.5. The second-order valence-electron chi connectivity index (χ2n) is 8.19. The van der Waals surface area contributed by atoms with E-state index in [9.17, 15) is 15.0 Å². The van der Waals surface area contributed by atoms with Crippen molar-refractivity contribution in [3.8, 4) is 11.5 Å². The standard InChI is InChI=1S/C27H32N2O5.ClH/c1-20(18-33-23-12-14-24(15-13-23)34-19-27(28)32)29(16-25(30)21-8-4-2-5-9-21)17-26(31)22-10-6-3-7-11-22;/h2-15,20,25-26,30-31H,16-19H2,1H3,(H2,28,32);1H/t20-,25-,26-;/m1./s1. The summed E-state index contributed by atoms with van der Waals surface area (Å²) in [5.74, 6) is 0.632. The maximum atomic E-state index is 10.8. The zero-order valence-corrected chi connectivity index (χ0v) is 20.5. The number of nitrogens with zero attached hydrogens (tertiary/aromatic N) is 1. The third-order valence-corrected chi connectivity index (χ3v) is 5.50. The molecule has 0 heterocycles. The lowest BCUT2D eigenvalue weighted by atomic mass is 10.1. The van der Waals surface area contributed by atoms with Crippen molar-refractivity contribution in [3.05, 3.63) is 96.1 Å². The van der Waals surface area contributed by atoms with E-state index < -0.39 is 18.1 Å². The van der Waals surface area contributed by atoms with Crippen LogP contribution in [0.3, 0.4) is 0 Å². The van der Waals surface area contributed by atoms with Crippen LogP contribution in [-0.4, -0.2) is 53.4 Å². The minimum absolute atomic E-state index is 0. The minimum atomic E-state index is -0.701. The van der Waals surface area contributed by atoms with E-state index in [2.05, 4.69) is 0 Å². The summed E-state index contributed by atoms with van der Waals surface area (Å²) >= 11 is 0. The first kappa shape index (κ1) is 28.1. The van der Waals surface area contributed by atoms with Crippen molar-refractivity contribution in [2.75, 3.05) is 26.3 Å². The van der Waals surface area contributed by atoms with Crippen molar-refractivity contribution in [2.24, 2.45) is 5.73 Å². The van der Waals surface area contributed by atoms with E-state index in [4.69, 9.17) is 15.2 Å². The highest BCUT2D eigenvalue weighted by molar-refractivity contribution is 5.85. The van der Waals surface area contributed by atoms with E-state index in [1.165, 1.54) is 0 Å². The van der Waals surface area contributed by atoms with Gasteiger partial charge in [-0.05, 0) is 42.3 Å². The van der Waals surface area contributed by atoms with Crippen LogP contribution in [-0.2, 0) is 4.79 Å². The zero-order chi connectivity index (χ0) is 24.3. The number of aliphatic hydroxyl groups excluding tert-OH is 2. The van der Waals surface area contributed by atoms with Gasteiger partial charge < -0.3 is 25.4 Å². The summed E-state index contributed by atoms with van der Waals surface area (Å²) < 4.78 is 11.2.